The molecule has 3 aromatic rings. The maximum absolute atomic E-state index is 12.1. The smallest absolute Gasteiger partial charge is 0.336 e. The van der Waals surface area contributed by atoms with Gasteiger partial charge in [-0.2, -0.15) is 0 Å². The molecule has 130 valence electrons. The van der Waals surface area contributed by atoms with Crippen LogP contribution < -0.4 is 11.5 Å². The Morgan fingerprint density at radius 3 is 1.62 bits per heavy atom. The van der Waals surface area contributed by atoms with Crippen molar-refractivity contribution in [1.29, 1.82) is 0 Å². The minimum Gasteiger partial charge on any atom is -0.478 e. The third-order valence-electron chi connectivity index (χ3n) is 4.07. The number of nitrogens with two attached hydrogens (primary N) is 2. The highest BCUT2D eigenvalue weighted by molar-refractivity contribution is 6.09. The van der Waals surface area contributed by atoms with E-state index in [2.05, 4.69) is 0 Å². The van der Waals surface area contributed by atoms with Crippen molar-refractivity contribution >= 4 is 23.3 Å². The van der Waals surface area contributed by atoms with Crippen molar-refractivity contribution in [3.8, 4) is 22.3 Å². The molecule has 0 fully saturated rings. The Balaban J connectivity index is 2.36. The van der Waals surface area contributed by atoms with Gasteiger partial charge in [0.1, 0.15) is 0 Å². The molecule has 6 nitrogen and oxygen atoms in total. The van der Waals surface area contributed by atoms with Crippen LogP contribution >= 0.6 is 0 Å². The molecule has 0 spiro atoms. The molecule has 0 aromatic heterocycles. The number of hydrogen-bond acceptors (Lipinski definition) is 4. The summed E-state index contributed by atoms with van der Waals surface area (Å²) in [6, 6.07) is 16.0. The van der Waals surface area contributed by atoms with Crippen LogP contribution in [0, 0.1) is 0 Å². The number of carboxylic acid groups (broad SMARTS) is 2. The van der Waals surface area contributed by atoms with Gasteiger partial charge in [-0.15, -0.1) is 0 Å². The molecule has 0 unspecified atom stereocenters. The summed E-state index contributed by atoms with van der Waals surface area (Å²) in [6.07, 6.45) is 0. The number of nitrogen functional groups attached to an aromatic ring is 2. The zero-order valence-electron chi connectivity index (χ0n) is 13.6. The number of aromatic carboxylic acids is 2. The minimum absolute atomic E-state index is 0.0838. The molecule has 0 radical (unpaired) electrons. The van der Waals surface area contributed by atoms with Gasteiger partial charge in [-0.3, -0.25) is 0 Å². The van der Waals surface area contributed by atoms with Crippen LogP contribution in [0.4, 0.5) is 11.4 Å². The van der Waals surface area contributed by atoms with Gasteiger partial charge in [-0.25, -0.2) is 9.59 Å². The van der Waals surface area contributed by atoms with Gasteiger partial charge >= 0.3 is 11.9 Å². The lowest BCUT2D eigenvalue weighted by atomic mass is 9.88. The van der Waals surface area contributed by atoms with Crippen molar-refractivity contribution < 1.29 is 19.8 Å². The highest BCUT2D eigenvalue weighted by atomic mass is 16.4. The Bertz CT molecular complexity index is 994. The first-order valence-electron chi connectivity index (χ1n) is 7.74. The fourth-order valence-corrected chi connectivity index (χ4v) is 2.86. The van der Waals surface area contributed by atoms with Crippen LogP contribution in [-0.4, -0.2) is 22.2 Å². The third kappa shape index (κ3) is 3.08. The van der Waals surface area contributed by atoms with E-state index in [1.807, 2.05) is 0 Å². The van der Waals surface area contributed by atoms with Gasteiger partial charge in [0.25, 0.3) is 0 Å². The van der Waals surface area contributed by atoms with Crippen molar-refractivity contribution in [2.75, 3.05) is 11.5 Å². The van der Waals surface area contributed by atoms with E-state index in [0.717, 1.165) is 0 Å². The number of carboxylic acids is 2. The van der Waals surface area contributed by atoms with Crippen LogP contribution in [0.3, 0.4) is 0 Å². The highest BCUT2D eigenvalue weighted by Crippen LogP contribution is 2.36. The second-order valence-electron chi connectivity index (χ2n) is 5.77. The third-order valence-corrected chi connectivity index (χ3v) is 4.07. The Kier molecular flexibility index (Phi) is 4.33. The van der Waals surface area contributed by atoms with Crippen molar-refractivity contribution in [3.05, 3.63) is 71.8 Å². The molecule has 0 aliphatic carbocycles. The van der Waals surface area contributed by atoms with Crippen LogP contribution in [0.25, 0.3) is 22.3 Å². The van der Waals surface area contributed by atoms with E-state index in [-0.39, 0.29) is 16.7 Å². The zero-order valence-corrected chi connectivity index (χ0v) is 13.6. The lowest BCUT2D eigenvalue weighted by molar-refractivity contribution is 0.0696. The van der Waals surface area contributed by atoms with Gasteiger partial charge in [-0.05, 0) is 47.0 Å². The lowest BCUT2D eigenvalue weighted by Gasteiger charge is -2.15. The molecule has 0 amide bonds. The second-order valence-corrected chi connectivity index (χ2v) is 5.77. The summed E-state index contributed by atoms with van der Waals surface area (Å²) in [5.41, 5.74) is 13.9. The molecule has 0 heterocycles. The van der Waals surface area contributed by atoms with Crippen molar-refractivity contribution in [3.63, 3.8) is 0 Å². The fraction of sp³-hybridized carbons (Fsp3) is 0. The largest absolute Gasteiger partial charge is 0.478 e. The Morgan fingerprint density at radius 2 is 1.15 bits per heavy atom. The predicted octanol–water partition coefficient (Wildman–Crippen LogP) is 3.58. The standard InChI is InChI=1S/C20H16N2O4/c21-13-5-1-11(2-6-13)15-9-10-16(19(23)24)17(18(15)20(25)26)12-3-7-14(22)8-4-12/h1-10H,21-22H2,(H,23,24)(H,25,26). The average Bonchev–Trinajstić information content (AvgIpc) is 2.61. The summed E-state index contributed by atoms with van der Waals surface area (Å²) in [7, 11) is 0. The Morgan fingerprint density at radius 1 is 0.654 bits per heavy atom. The summed E-state index contributed by atoms with van der Waals surface area (Å²) >= 11 is 0. The number of carbonyl (C=O) groups is 2. The van der Waals surface area contributed by atoms with E-state index in [4.69, 9.17) is 11.5 Å². The molecule has 0 bridgehead atoms. The van der Waals surface area contributed by atoms with Gasteiger partial charge in [0.15, 0.2) is 0 Å². The monoisotopic (exact) mass is 348 g/mol. The molecule has 26 heavy (non-hydrogen) atoms. The first kappa shape index (κ1) is 17.0. The first-order chi connectivity index (χ1) is 12.4. The molecule has 0 saturated carbocycles. The van der Waals surface area contributed by atoms with Crippen LogP contribution in [0.5, 0.6) is 0 Å². The first-order valence-corrected chi connectivity index (χ1v) is 7.74. The number of anilines is 2. The molecule has 0 aliphatic heterocycles. The van der Waals surface area contributed by atoms with Crippen LogP contribution in [-0.2, 0) is 0 Å². The SMILES string of the molecule is Nc1ccc(-c2ccc(C(=O)O)c(-c3ccc(N)cc3)c2C(=O)O)cc1. The van der Waals surface area contributed by atoms with Gasteiger partial charge in [0.2, 0.25) is 0 Å². The zero-order chi connectivity index (χ0) is 18.8. The molecular formula is C20H16N2O4. The van der Waals surface area contributed by atoms with Crippen molar-refractivity contribution in [2.24, 2.45) is 0 Å². The molecule has 0 aliphatic rings. The fourth-order valence-electron chi connectivity index (χ4n) is 2.86. The topological polar surface area (TPSA) is 127 Å². The van der Waals surface area contributed by atoms with Crippen LogP contribution in [0.1, 0.15) is 20.7 Å². The maximum atomic E-state index is 12.1. The van der Waals surface area contributed by atoms with Crippen LogP contribution in [0.15, 0.2) is 60.7 Å². The van der Waals surface area contributed by atoms with Gasteiger partial charge < -0.3 is 21.7 Å². The quantitative estimate of drug-likeness (QED) is 0.534. The van der Waals surface area contributed by atoms with E-state index in [1.165, 1.54) is 12.1 Å². The average molecular weight is 348 g/mol. The number of benzene rings is 3. The molecule has 0 saturated heterocycles. The summed E-state index contributed by atoms with van der Waals surface area (Å²) < 4.78 is 0. The van der Waals surface area contributed by atoms with E-state index in [9.17, 15) is 19.8 Å². The Hall–Kier alpha value is -3.80. The molecular weight excluding hydrogens is 332 g/mol. The highest BCUT2D eigenvalue weighted by Gasteiger charge is 2.24. The molecule has 6 N–H and O–H groups in total. The summed E-state index contributed by atoms with van der Waals surface area (Å²) in [4.78, 5) is 23.8. The maximum Gasteiger partial charge on any atom is 0.336 e. The normalized spacial score (nSPS) is 10.5. The van der Waals surface area contributed by atoms with Gasteiger partial charge in [0, 0.05) is 16.9 Å². The van der Waals surface area contributed by atoms with E-state index < -0.39 is 11.9 Å². The summed E-state index contributed by atoms with van der Waals surface area (Å²) in [5.74, 6) is -2.42. The minimum atomic E-state index is -1.22. The molecule has 0 atom stereocenters. The van der Waals surface area contributed by atoms with Gasteiger partial charge in [0.05, 0.1) is 11.1 Å². The predicted molar refractivity (Wildman–Crippen MR) is 100 cm³/mol. The number of rotatable bonds is 4. The van der Waals surface area contributed by atoms with Gasteiger partial charge in [-0.1, -0.05) is 30.3 Å². The lowest BCUT2D eigenvalue weighted by Crippen LogP contribution is -2.09. The number of hydrogen-bond donors (Lipinski definition) is 4. The molecule has 6 heteroatoms. The summed E-state index contributed by atoms with van der Waals surface area (Å²) in [6.45, 7) is 0. The van der Waals surface area contributed by atoms with Crippen molar-refractivity contribution in [1.82, 2.24) is 0 Å². The van der Waals surface area contributed by atoms with E-state index in [1.54, 1.807) is 48.5 Å². The van der Waals surface area contributed by atoms with Crippen molar-refractivity contribution in [2.45, 2.75) is 0 Å². The van der Waals surface area contributed by atoms with Crippen LogP contribution in [0.2, 0.25) is 0 Å². The second kappa shape index (κ2) is 6.60. The molecule has 3 rings (SSSR count). The van der Waals surface area contributed by atoms with E-state index in [0.29, 0.717) is 28.1 Å². The summed E-state index contributed by atoms with van der Waals surface area (Å²) in [5, 5.41) is 19.4. The molecule has 3 aromatic carbocycles. The van der Waals surface area contributed by atoms with E-state index >= 15 is 0 Å². The Labute approximate surface area is 149 Å².